The van der Waals surface area contributed by atoms with Crippen molar-refractivity contribution in [3.63, 3.8) is 0 Å². The fourth-order valence-electron chi connectivity index (χ4n) is 2.37. The highest BCUT2D eigenvalue weighted by molar-refractivity contribution is 5.93. The molecule has 1 aliphatic rings. The van der Waals surface area contributed by atoms with E-state index in [0.29, 0.717) is 11.6 Å². The number of benzene rings is 1. The summed E-state index contributed by atoms with van der Waals surface area (Å²) in [6.07, 6.45) is 5.07. The Morgan fingerprint density at radius 1 is 1.18 bits per heavy atom. The van der Waals surface area contributed by atoms with Gasteiger partial charge in [-0.05, 0) is 55.9 Å². The Balaban J connectivity index is 1.92. The number of carbonyl (C=O) groups is 1. The van der Waals surface area contributed by atoms with Crippen LogP contribution in [0, 0.1) is 5.92 Å². The van der Waals surface area contributed by atoms with Crippen LogP contribution in [0.2, 0.25) is 0 Å². The first kappa shape index (κ1) is 12.0. The standard InChI is InChI=1S/C14H20N2O/c1-10-2-6-12(7-3-10)16-13-8-4-11(5-9-13)14(15)17/h4-5,8-10,12,16H,2-3,6-7H2,1H3,(H2,15,17). The van der Waals surface area contributed by atoms with E-state index in [-0.39, 0.29) is 5.91 Å². The number of anilines is 1. The molecule has 1 aromatic carbocycles. The number of nitrogens with two attached hydrogens (primary N) is 1. The van der Waals surface area contributed by atoms with Gasteiger partial charge < -0.3 is 11.1 Å². The van der Waals surface area contributed by atoms with E-state index in [1.54, 1.807) is 12.1 Å². The predicted octanol–water partition coefficient (Wildman–Crippen LogP) is 2.78. The SMILES string of the molecule is CC1CCC(Nc2ccc(C(N)=O)cc2)CC1. The Morgan fingerprint density at radius 2 is 1.76 bits per heavy atom. The van der Waals surface area contributed by atoms with E-state index in [1.165, 1.54) is 25.7 Å². The summed E-state index contributed by atoms with van der Waals surface area (Å²) in [7, 11) is 0. The lowest BCUT2D eigenvalue weighted by atomic mass is 9.87. The quantitative estimate of drug-likeness (QED) is 0.842. The molecule has 3 N–H and O–H groups in total. The molecule has 0 saturated heterocycles. The van der Waals surface area contributed by atoms with Gasteiger partial charge in [0.1, 0.15) is 0 Å². The van der Waals surface area contributed by atoms with Crippen molar-refractivity contribution in [2.75, 3.05) is 5.32 Å². The maximum Gasteiger partial charge on any atom is 0.248 e. The van der Waals surface area contributed by atoms with Crippen LogP contribution in [0.3, 0.4) is 0 Å². The van der Waals surface area contributed by atoms with Crippen molar-refractivity contribution in [2.24, 2.45) is 11.7 Å². The maximum absolute atomic E-state index is 10.9. The summed E-state index contributed by atoms with van der Waals surface area (Å²) >= 11 is 0. The molecule has 3 heteroatoms. The molecule has 0 aromatic heterocycles. The van der Waals surface area contributed by atoms with Crippen molar-refractivity contribution >= 4 is 11.6 Å². The molecule has 1 fully saturated rings. The summed E-state index contributed by atoms with van der Waals surface area (Å²) in [5, 5.41) is 3.52. The predicted molar refractivity (Wildman–Crippen MR) is 70.0 cm³/mol. The van der Waals surface area contributed by atoms with E-state index >= 15 is 0 Å². The van der Waals surface area contributed by atoms with Crippen molar-refractivity contribution in [2.45, 2.75) is 38.6 Å². The summed E-state index contributed by atoms with van der Waals surface area (Å²) in [4.78, 5) is 10.9. The van der Waals surface area contributed by atoms with Gasteiger partial charge in [0.05, 0.1) is 0 Å². The minimum Gasteiger partial charge on any atom is -0.382 e. The van der Waals surface area contributed by atoms with Gasteiger partial charge in [0.25, 0.3) is 0 Å². The highest BCUT2D eigenvalue weighted by atomic mass is 16.1. The van der Waals surface area contributed by atoms with Gasteiger partial charge in [-0.3, -0.25) is 4.79 Å². The fourth-order valence-corrected chi connectivity index (χ4v) is 2.37. The minimum atomic E-state index is -0.372. The van der Waals surface area contributed by atoms with Crippen LogP contribution in [-0.4, -0.2) is 11.9 Å². The molecule has 1 amide bonds. The average Bonchev–Trinajstić information content (AvgIpc) is 2.33. The number of rotatable bonds is 3. The molecule has 2 rings (SSSR count). The van der Waals surface area contributed by atoms with Crippen molar-refractivity contribution < 1.29 is 4.79 Å². The smallest absolute Gasteiger partial charge is 0.248 e. The van der Waals surface area contributed by atoms with E-state index in [0.717, 1.165) is 11.6 Å². The third-order valence-electron chi connectivity index (χ3n) is 3.56. The average molecular weight is 232 g/mol. The zero-order valence-corrected chi connectivity index (χ0v) is 10.3. The normalized spacial score (nSPS) is 24.3. The molecule has 0 radical (unpaired) electrons. The molecule has 0 aliphatic heterocycles. The molecule has 92 valence electrons. The topological polar surface area (TPSA) is 55.1 Å². The summed E-state index contributed by atoms with van der Waals surface area (Å²) in [6.45, 7) is 2.32. The van der Waals surface area contributed by atoms with E-state index in [9.17, 15) is 4.79 Å². The number of nitrogens with one attached hydrogen (secondary N) is 1. The number of hydrogen-bond acceptors (Lipinski definition) is 2. The van der Waals surface area contributed by atoms with Crippen LogP contribution in [0.15, 0.2) is 24.3 Å². The lowest BCUT2D eigenvalue weighted by molar-refractivity contribution is 0.100. The molecule has 0 unspecified atom stereocenters. The lowest BCUT2D eigenvalue weighted by Crippen LogP contribution is -2.25. The molecule has 0 heterocycles. The molecule has 1 saturated carbocycles. The second-order valence-corrected chi connectivity index (χ2v) is 5.04. The van der Waals surface area contributed by atoms with Gasteiger partial charge >= 0.3 is 0 Å². The van der Waals surface area contributed by atoms with E-state index in [1.807, 2.05) is 12.1 Å². The highest BCUT2D eigenvalue weighted by Crippen LogP contribution is 2.26. The second-order valence-electron chi connectivity index (χ2n) is 5.04. The van der Waals surface area contributed by atoms with Gasteiger partial charge in [-0.2, -0.15) is 0 Å². The van der Waals surface area contributed by atoms with Gasteiger partial charge in [0.2, 0.25) is 5.91 Å². The lowest BCUT2D eigenvalue weighted by Gasteiger charge is -2.27. The number of amides is 1. The van der Waals surface area contributed by atoms with Crippen molar-refractivity contribution in [3.8, 4) is 0 Å². The van der Waals surface area contributed by atoms with E-state index in [4.69, 9.17) is 5.73 Å². The highest BCUT2D eigenvalue weighted by Gasteiger charge is 2.17. The van der Waals surface area contributed by atoms with Crippen LogP contribution < -0.4 is 11.1 Å². The number of carbonyl (C=O) groups excluding carboxylic acids is 1. The van der Waals surface area contributed by atoms with Gasteiger partial charge in [-0.15, -0.1) is 0 Å². The molecule has 17 heavy (non-hydrogen) atoms. The Morgan fingerprint density at radius 3 is 2.29 bits per heavy atom. The Labute approximate surface area is 102 Å². The fraction of sp³-hybridized carbons (Fsp3) is 0.500. The van der Waals surface area contributed by atoms with Gasteiger partial charge in [-0.25, -0.2) is 0 Å². The van der Waals surface area contributed by atoms with Crippen LogP contribution in [0.25, 0.3) is 0 Å². The summed E-state index contributed by atoms with van der Waals surface area (Å²) in [5.41, 5.74) is 6.85. The molecule has 0 atom stereocenters. The first-order valence-electron chi connectivity index (χ1n) is 6.31. The minimum absolute atomic E-state index is 0.372. The summed E-state index contributed by atoms with van der Waals surface area (Å²) < 4.78 is 0. The Kier molecular flexibility index (Phi) is 3.67. The molecular weight excluding hydrogens is 212 g/mol. The van der Waals surface area contributed by atoms with E-state index < -0.39 is 0 Å². The zero-order valence-electron chi connectivity index (χ0n) is 10.3. The first-order valence-corrected chi connectivity index (χ1v) is 6.31. The molecule has 3 nitrogen and oxygen atoms in total. The first-order chi connectivity index (χ1) is 8.15. The number of primary amides is 1. The van der Waals surface area contributed by atoms with Crippen LogP contribution >= 0.6 is 0 Å². The van der Waals surface area contributed by atoms with Crippen LogP contribution in [-0.2, 0) is 0 Å². The molecule has 0 spiro atoms. The molecule has 1 aromatic rings. The van der Waals surface area contributed by atoms with Gasteiger partial charge in [-0.1, -0.05) is 6.92 Å². The second kappa shape index (κ2) is 5.21. The maximum atomic E-state index is 10.9. The molecular formula is C14H20N2O. The Bertz CT molecular complexity index is 378. The molecule has 1 aliphatic carbocycles. The zero-order chi connectivity index (χ0) is 12.3. The Hall–Kier alpha value is -1.51. The molecule has 0 bridgehead atoms. The largest absolute Gasteiger partial charge is 0.382 e. The summed E-state index contributed by atoms with van der Waals surface area (Å²) in [6, 6.07) is 7.98. The summed E-state index contributed by atoms with van der Waals surface area (Å²) in [5.74, 6) is 0.494. The van der Waals surface area contributed by atoms with E-state index in [2.05, 4.69) is 12.2 Å². The number of hydrogen-bond donors (Lipinski definition) is 2. The monoisotopic (exact) mass is 232 g/mol. The third kappa shape index (κ3) is 3.22. The van der Waals surface area contributed by atoms with Gasteiger partial charge in [0, 0.05) is 17.3 Å². The van der Waals surface area contributed by atoms with Crippen molar-refractivity contribution in [1.82, 2.24) is 0 Å². The van der Waals surface area contributed by atoms with Crippen LogP contribution in [0.4, 0.5) is 5.69 Å². The van der Waals surface area contributed by atoms with Crippen molar-refractivity contribution in [1.29, 1.82) is 0 Å². The third-order valence-corrected chi connectivity index (χ3v) is 3.56. The van der Waals surface area contributed by atoms with Crippen molar-refractivity contribution in [3.05, 3.63) is 29.8 Å². The van der Waals surface area contributed by atoms with Crippen LogP contribution in [0.5, 0.6) is 0 Å². The van der Waals surface area contributed by atoms with Crippen LogP contribution in [0.1, 0.15) is 43.0 Å². The van der Waals surface area contributed by atoms with Gasteiger partial charge in [0.15, 0.2) is 0 Å².